The molecule has 0 aliphatic heterocycles. The zero-order chi connectivity index (χ0) is 14.3. The van der Waals surface area contributed by atoms with E-state index < -0.39 is 0 Å². The number of hydrogen-bond donors (Lipinski definition) is 2. The van der Waals surface area contributed by atoms with Gasteiger partial charge in [0.15, 0.2) is 0 Å². The van der Waals surface area contributed by atoms with Gasteiger partial charge in [-0.2, -0.15) is 0 Å². The van der Waals surface area contributed by atoms with Gasteiger partial charge < -0.3 is 20.4 Å². The first-order valence-corrected chi connectivity index (χ1v) is 6.60. The lowest BCUT2D eigenvalue weighted by atomic mass is 10.3. The lowest BCUT2D eigenvalue weighted by Crippen LogP contribution is -2.32. The predicted molar refractivity (Wildman–Crippen MR) is 79.7 cm³/mol. The molecule has 0 bridgehead atoms. The highest BCUT2D eigenvalue weighted by molar-refractivity contribution is 7.80. The number of nitrogens with zero attached hydrogens (tertiary/aromatic N) is 2. The van der Waals surface area contributed by atoms with Crippen LogP contribution in [0.1, 0.15) is 19.2 Å². The van der Waals surface area contributed by atoms with E-state index in [4.69, 9.17) is 22.7 Å². The van der Waals surface area contributed by atoms with Crippen molar-refractivity contribution in [3.8, 4) is 0 Å². The van der Waals surface area contributed by atoms with Crippen LogP contribution < -0.4 is 16.2 Å². The molecule has 3 N–H and O–H groups in total. The number of aryl methyl sites for hydroxylation is 1. The van der Waals surface area contributed by atoms with Gasteiger partial charge in [0.2, 0.25) is 0 Å². The van der Waals surface area contributed by atoms with Crippen molar-refractivity contribution in [2.24, 2.45) is 5.73 Å². The number of thiocarbonyl (C=S) groups is 1. The van der Waals surface area contributed by atoms with E-state index in [9.17, 15) is 4.79 Å². The maximum absolute atomic E-state index is 11.6. The van der Waals surface area contributed by atoms with Crippen LogP contribution in [0.5, 0.6) is 0 Å². The van der Waals surface area contributed by atoms with Crippen LogP contribution >= 0.6 is 12.2 Å². The van der Waals surface area contributed by atoms with Crippen molar-refractivity contribution in [1.29, 1.82) is 0 Å². The molecule has 0 spiro atoms. The molecule has 1 aromatic rings. The molecule has 0 amide bonds. The Balaban J connectivity index is 2.91. The molecule has 1 heterocycles. The third-order valence-corrected chi connectivity index (χ3v) is 2.83. The van der Waals surface area contributed by atoms with Crippen LogP contribution in [0.2, 0.25) is 0 Å². The van der Waals surface area contributed by atoms with Crippen LogP contribution in [-0.2, 0) is 11.2 Å². The molecule has 0 aromatic carbocycles. The van der Waals surface area contributed by atoms with Crippen LogP contribution in [0.4, 0.5) is 5.82 Å². The van der Waals surface area contributed by atoms with Crippen LogP contribution in [0, 0.1) is 0 Å². The normalized spacial score (nSPS) is 10.4. The van der Waals surface area contributed by atoms with Crippen LogP contribution in [-0.4, -0.2) is 41.8 Å². The first-order chi connectivity index (χ1) is 9.06. The highest BCUT2D eigenvalue weighted by Crippen LogP contribution is 2.09. The summed E-state index contributed by atoms with van der Waals surface area (Å²) in [5.41, 5.74) is 5.37. The van der Waals surface area contributed by atoms with Gasteiger partial charge in [0.05, 0.1) is 11.6 Å². The number of H-pyrrole nitrogens is 1. The molecule has 0 aliphatic carbocycles. The number of aromatic nitrogens is 2. The number of hydrogen-bond acceptors (Lipinski definition) is 5. The van der Waals surface area contributed by atoms with E-state index in [2.05, 4.69) is 9.97 Å². The SMILES string of the molecule is CCc1nc(N(CCOC)CCC(N)=S)cc(=O)[nH]1. The number of ether oxygens (including phenoxy) is 1. The average molecular weight is 284 g/mol. The number of nitrogens with one attached hydrogen (secondary N) is 1. The second kappa shape index (κ2) is 7.85. The minimum atomic E-state index is -0.153. The van der Waals surface area contributed by atoms with Crippen molar-refractivity contribution in [1.82, 2.24) is 9.97 Å². The molecule has 106 valence electrons. The lowest BCUT2D eigenvalue weighted by Gasteiger charge is -2.23. The molecule has 1 aromatic heterocycles. The zero-order valence-corrected chi connectivity index (χ0v) is 12.1. The fourth-order valence-corrected chi connectivity index (χ4v) is 1.70. The van der Waals surface area contributed by atoms with Crippen molar-refractivity contribution < 1.29 is 4.74 Å². The molecular weight excluding hydrogens is 264 g/mol. The van der Waals surface area contributed by atoms with Gasteiger partial charge in [-0.1, -0.05) is 19.1 Å². The van der Waals surface area contributed by atoms with Crippen LogP contribution in [0.3, 0.4) is 0 Å². The van der Waals surface area contributed by atoms with Gasteiger partial charge in [-0.3, -0.25) is 4.79 Å². The smallest absolute Gasteiger partial charge is 0.252 e. The molecule has 7 heteroatoms. The molecule has 6 nitrogen and oxygen atoms in total. The van der Waals surface area contributed by atoms with E-state index in [1.807, 2.05) is 11.8 Å². The lowest BCUT2D eigenvalue weighted by molar-refractivity contribution is 0.205. The summed E-state index contributed by atoms with van der Waals surface area (Å²) >= 11 is 4.88. The van der Waals surface area contributed by atoms with Gasteiger partial charge in [-0.15, -0.1) is 0 Å². The quantitative estimate of drug-likeness (QED) is 0.675. The zero-order valence-electron chi connectivity index (χ0n) is 11.3. The topological polar surface area (TPSA) is 84.2 Å². The Kier molecular flexibility index (Phi) is 6.44. The summed E-state index contributed by atoms with van der Waals surface area (Å²) in [7, 11) is 1.63. The maximum Gasteiger partial charge on any atom is 0.252 e. The Bertz CT molecular complexity index is 475. The number of rotatable bonds is 8. The Morgan fingerprint density at radius 3 is 2.89 bits per heavy atom. The fourth-order valence-electron chi connectivity index (χ4n) is 1.61. The molecule has 0 aliphatic rings. The van der Waals surface area contributed by atoms with Gasteiger partial charge in [0.25, 0.3) is 5.56 Å². The molecule has 0 atom stereocenters. The second-order valence-electron chi connectivity index (χ2n) is 4.10. The summed E-state index contributed by atoms with van der Waals surface area (Å²) < 4.78 is 5.07. The summed E-state index contributed by atoms with van der Waals surface area (Å²) in [6.45, 7) is 3.75. The van der Waals surface area contributed by atoms with Crippen LogP contribution in [0.15, 0.2) is 10.9 Å². The van der Waals surface area contributed by atoms with E-state index in [0.29, 0.717) is 49.2 Å². The first kappa shape index (κ1) is 15.6. The molecule has 0 saturated heterocycles. The fraction of sp³-hybridized carbons (Fsp3) is 0.583. The molecule has 0 radical (unpaired) electrons. The molecule has 0 unspecified atom stereocenters. The van der Waals surface area contributed by atoms with Gasteiger partial charge in [-0.05, 0) is 0 Å². The van der Waals surface area contributed by atoms with Crippen molar-refractivity contribution in [2.75, 3.05) is 31.7 Å². The van der Waals surface area contributed by atoms with Gasteiger partial charge in [0.1, 0.15) is 11.6 Å². The average Bonchev–Trinajstić information content (AvgIpc) is 2.37. The van der Waals surface area contributed by atoms with E-state index in [-0.39, 0.29) is 5.56 Å². The van der Waals surface area contributed by atoms with Crippen molar-refractivity contribution in [3.05, 3.63) is 22.2 Å². The third kappa shape index (κ3) is 5.35. The molecule has 19 heavy (non-hydrogen) atoms. The highest BCUT2D eigenvalue weighted by atomic mass is 32.1. The predicted octanol–water partition coefficient (Wildman–Crippen LogP) is 0.461. The minimum Gasteiger partial charge on any atom is -0.393 e. The van der Waals surface area contributed by atoms with Crippen molar-refractivity contribution in [3.63, 3.8) is 0 Å². The first-order valence-electron chi connectivity index (χ1n) is 6.19. The molecule has 1 rings (SSSR count). The monoisotopic (exact) mass is 284 g/mol. The number of nitrogens with two attached hydrogens (primary N) is 1. The Morgan fingerprint density at radius 2 is 2.32 bits per heavy atom. The van der Waals surface area contributed by atoms with E-state index in [1.165, 1.54) is 6.07 Å². The Labute approximate surface area is 118 Å². The summed E-state index contributed by atoms with van der Waals surface area (Å²) in [5.74, 6) is 1.30. The Morgan fingerprint density at radius 1 is 1.58 bits per heavy atom. The number of aromatic amines is 1. The molecular formula is C12H20N4O2S. The van der Waals surface area contributed by atoms with E-state index in [1.54, 1.807) is 7.11 Å². The van der Waals surface area contributed by atoms with Gasteiger partial charge in [0, 0.05) is 39.1 Å². The number of methoxy groups -OCH3 is 1. The Hall–Kier alpha value is -1.47. The number of anilines is 1. The maximum atomic E-state index is 11.6. The summed E-state index contributed by atoms with van der Waals surface area (Å²) in [5, 5.41) is 0. The summed E-state index contributed by atoms with van der Waals surface area (Å²) in [4.78, 5) is 21.1. The largest absolute Gasteiger partial charge is 0.393 e. The van der Waals surface area contributed by atoms with Crippen molar-refractivity contribution in [2.45, 2.75) is 19.8 Å². The molecule has 0 saturated carbocycles. The van der Waals surface area contributed by atoms with Gasteiger partial charge in [-0.25, -0.2) is 4.98 Å². The van der Waals surface area contributed by atoms with E-state index >= 15 is 0 Å². The minimum absolute atomic E-state index is 0.153. The highest BCUT2D eigenvalue weighted by Gasteiger charge is 2.10. The van der Waals surface area contributed by atoms with Crippen LogP contribution in [0.25, 0.3) is 0 Å². The molecule has 0 fully saturated rings. The third-order valence-electron chi connectivity index (χ3n) is 2.63. The van der Waals surface area contributed by atoms with Crippen molar-refractivity contribution >= 4 is 23.0 Å². The van der Waals surface area contributed by atoms with Gasteiger partial charge >= 0.3 is 0 Å². The summed E-state index contributed by atoms with van der Waals surface area (Å²) in [6, 6.07) is 1.48. The summed E-state index contributed by atoms with van der Waals surface area (Å²) in [6.07, 6.45) is 1.26. The van der Waals surface area contributed by atoms with E-state index in [0.717, 1.165) is 0 Å². The second-order valence-corrected chi connectivity index (χ2v) is 4.62. The standard InChI is InChI=1S/C12H20N4O2S/c1-3-10-14-11(8-12(17)15-10)16(6-7-18-2)5-4-9(13)19/h8H,3-7H2,1-2H3,(H2,13,19)(H,14,15,17).